The minimum atomic E-state index is -2.40. The minimum absolute atomic E-state index is 0.630. The van der Waals surface area contributed by atoms with E-state index < -0.39 is 25.0 Å². The quantitative estimate of drug-likeness (QED) is 0.325. The van der Waals surface area contributed by atoms with Crippen molar-refractivity contribution in [3.63, 3.8) is 0 Å². The van der Waals surface area contributed by atoms with Gasteiger partial charge in [-0.05, 0) is 25.5 Å². The molecule has 0 aromatic heterocycles. The van der Waals surface area contributed by atoms with E-state index in [-0.39, 0.29) is 0 Å². The van der Waals surface area contributed by atoms with E-state index in [1.807, 2.05) is 43.3 Å². The summed E-state index contributed by atoms with van der Waals surface area (Å²) in [7, 11) is -3.81. The van der Waals surface area contributed by atoms with Gasteiger partial charge in [0, 0.05) is 9.80 Å². The highest BCUT2D eigenvalue weighted by molar-refractivity contribution is 7.89. The minimum Gasteiger partial charge on any atom is -0.388 e. The fraction of sp³-hybridized carbons (Fsp3) is 0.286. The third kappa shape index (κ3) is 5.94. The molecule has 1 N–H and O–H groups in total. The first-order valence-electron chi connectivity index (χ1n) is 11.5. The molecule has 0 aliphatic carbocycles. The van der Waals surface area contributed by atoms with Gasteiger partial charge in [-0.25, -0.2) is 4.21 Å². The maximum absolute atomic E-state index is 13.8. The van der Waals surface area contributed by atoms with Crippen LogP contribution >= 0.6 is 0 Å². The van der Waals surface area contributed by atoms with Gasteiger partial charge in [0.05, 0.1) is 16.9 Å². The molecule has 3 aromatic rings. The summed E-state index contributed by atoms with van der Waals surface area (Å²) in [6, 6.07) is 28.7. The SMILES string of the molecule is CCCCC[C@H](O)/C(=C\[Si](C)(c1ccccc1)c1ccccc1)[S@@](=O)c1ccc(C)cc1. The summed E-state index contributed by atoms with van der Waals surface area (Å²) < 4.78 is 13.8. The second kappa shape index (κ2) is 11.6. The van der Waals surface area contributed by atoms with Crippen LogP contribution < -0.4 is 10.4 Å². The molecule has 32 heavy (non-hydrogen) atoms. The smallest absolute Gasteiger partial charge is 0.139 e. The van der Waals surface area contributed by atoms with Crippen molar-refractivity contribution < 1.29 is 9.32 Å². The number of hydrogen-bond acceptors (Lipinski definition) is 2. The van der Waals surface area contributed by atoms with Crippen LogP contribution in [0.2, 0.25) is 6.55 Å². The first-order chi connectivity index (χ1) is 15.5. The Labute approximate surface area is 196 Å². The summed E-state index contributed by atoms with van der Waals surface area (Å²) in [5.41, 5.74) is 3.32. The zero-order valence-electron chi connectivity index (χ0n) is 19.3. The van der Waals surface area contributed by atoms with Gasteiger partial charge in [0.15, 0.2) is 0 Å². The number of aliphatic hydroxyl groups excluding tert-OH is 1. The van der Waals surface area contributed by atoms with Gasteiger partial charge in [-0.2, -0.15) is 0 Å². The Hall–Kier alpha value is -2.27. The number of benzene rings is 3. The van der Waals surface area contributed by atoms with Crippen LogP contribution in [0.5, 0.6) is 0 Å². The van der Waals surface area contributed by atoms with E-state index in [2.05, 4.69) is 67.7 Å². The summed E-state index contributed by atoms with van der Waals surface area (Å²) >= 11 is 0. The lowest BCUT2D eigenvalue weighted by Crippen LogP contribution is -2.55. The van der Waals surface area contributed by atoms with Gasteiger partial charge in [0.2, 0.25) is 0 Å². The van der Waals surface area contributed by atoms with Crippen molar-refractivity contribution in [1.82, 2.24) is 0 Å². The molecule has 0 fully saturated rings. The molecule has 3 aromatic carbocycles. The van der Waals surface area contributed by atoms with Crippen molar-refractivity contribution in [1.29, 1.82) is 0 Å². The molecule has 4 heteroatoms. The Kier molecular flexibility index (Phi) is 8.80. The van der Waals surface area contributed by atoms with Gasteiger partial charge >= 0.3 is 0 Å². The zero-order valence-corrected chi connectivity index (χ0v) is 21.1. The number of aryl methyl sites for hydroxylation is 1. The third-order valence-electron chi connectivity index (χ3n) is 6.04. The Morgan fingerprint density at radius 3 is 1.94 bits per heavy atom. The lowest BCUT2D eigenvalue weighted by atomic mass is 10.1. The van der Waals surface area contributed by atoms with Gasteiger partial charge < -0.3 is 5.11 Å². The summed E-state index contributed by atoms with van der Waals surface area (Å²) in [5, 5.41) is 13.7. The standard InChI is InChI=1S/C28H34O2SSi/c1-4-5-8-17-27(29)28(31(30)24-20-18-23(2)19-21-24)22-32(3,25-13-9-6-10-14-25)26-15-11-7-12-16-26/h6-7,9-16,18-22,27,29H,4-5,8,17H2,1-3H3/b28-22+/t27-,31-/m0/s1. The predicted octanol–water partition coefficient (Wildman–Crippen LogP) is 5.36. The van der Waals surface area contributed by atoms with Crippen LogP contribution in [-0.2, 0) is 10.8 Å². The Balaban J connectivity index is 2.13. The molecule has 0 aliphatic heterocycles. The van der Waals surface area contributed by atoms with Gasteiger partial charge in [0.25, 0.3) is 0 Å². The van der Waals surface area contributed by atoms with E-state index in [1.165, 1.54) is 10.4 Å². The normalized spacial score (nSPS) is 14.2. The maximum Gasteiger partial charge on any atom is 0.139 e. The monoisotopic (exact) mass is 462 g/mol. The van der Waals surface area contributed by atoms with Gasteiger partial charge in [-0.1, -0.05) is 127 Å². The Morgan fingerprint density at radius 2 is 1.44 bits per heavy atom. The highest BCUT2D eigenvalue weighted by atomic mass is 32.2. The molecular weight excluding hydrogens is 428 g/mol. The van der Waals surface area contributed by atoms with E-state index in [1.54, 1.807) is 0 Å². The molecule has 2 nitrogen and oxygen atoms in total. The Bertz CT molecular complexity index is 991. The summed E-state index contributed by atoms with van der Waals surface area (Å²) in [5.74, 6) is 0. The fourth-order valence-electron chi connectivity index (χ4n) is 3.99. The molecule has 0 radical (unpaired) electrons. The fourth-order valence-corrected chi connectivity index (χ4v) is 9.34. The van der Waals surface area contributed by atoms with E-state index in [9.17, 15) is 9.32 Å². The summed E-state index contributed by atoms with van der Waals surface area (Å²) in [4.78, 5) is 1.39. The molecule has 0 bridgehead atoms. The lowest BCUT2D eigenvalue weighted by Gasteiger charge is -2.28. The first kappa shape index (κ1) is 24.4. The highest BCUT2D eigenvalue weighted by Gasteiger charge is 2.33. The average Bonchev–Trinajstić information content (AvgIpc) is 2.83. The predicted molar refractivity (Wildman–Crippen MR) is 140 cm³/mol. The summed E-state index contributed by atoms with van der Waals surface area (Å²) in [6.45, 7) is 6.46. The number of rotatable bonds is 10. The Morgan fingerprint density at radius 1 is 0.906 bits per heavy atom. The number of hydrogen-bond donors (Lipinski definition) is 1. The molecule has 0 saturated heterocycles. The van der Waals surface area contributed by atoms with E-state index in [4.69, 9.17) is 0 Å². The molecule has 0 heterocycles. The maximum atomic E-state index is 13.8. The average molecular weight is 463 g/mol. The van der Waals surface area contributed by atoms with Crippen molar-refractivity contribution in [2.24, 2.45) is 0 Å². The van der Waals surface area contributed by atoms with Crippen LogP contribution in [0.4, 0.5) is 0 Å². The molecule has 0 saturated carbocycles. The van der Waals surface area contributed by atoms with Crippen molar-refractivity contribution >= 4 is 29.2 Å². The van der Waals surface area contributed by atoms with Crippen molar-refractivity contribution in [2.75, 3.05) is 0 Å². The third-order valence-corrected chi connectivity index (χ3v) is 11.7. The van der Waals surface area contributed by atoms with E-state index >= 15 is 0 Å². The van der Waals surface area contributed by atoms with Crippen LogP contribution in [0, 0.1) is 6.92 Å². The molecule has 0 aliphatic rings. The van der Waals surface area contributed by atoms with Gasteiger partial charge in [-0.3, -0.25) is 0 Å². The van der Waals surface area contributed by atoms with E-state index in [0.717, 1.165) is 29.7 Å². The highest BCUT2D eigenvalue weighted by Crippen LogP contribution is 2.24. The first-order valence-corrected chi connectivity index (χ1v) is 15.2. The number of aliphatic hydroxyl groups is 1. The zero-order chi connectivity index (χ0) is 23.0. The van der Waals surface area contributed by atoms with E-state index in [0.29, 0.717) is 11.3 Å². The topological polar surface area (TPSA) is 37.3 Å². The molecule has 0 spiro atoms. The lowest BCUT2D eigenvalue weighted by molar-refractivity contribution is 0.204. The van der Waals surface area contributed by atoms with Crippen LogP contribution in [0.1, 0.15) is 38.2 Å². The van der Waals surface area contributed by atoms with Crippen LogP contribution in [-0.4, -0.2) is 23.5 Å². The van der Waals surface area contributed by atoms with Gasteiger partial charge in [0.1, 0.15) is 8.07 Å². The summed E-state index contributed by atoms with van der Waals surface area (Å²) in [6.07, 6.45) is 2.99. The van der Waals surface area contributed by atoms with Crippen LogP contribution in [0.25, 0.3) is 0 Å². The molecule has 3 rings (SSSR count). The van der Waals surface area contributed by atoms with Crippen molar-refractivity contribution in [3.8, 4) is 0 Å². The van der Waals surface area contributed by atoms with Crippen LogP contribution in [0.3, 0.4) is 0 Å². The van der Waals surface area contributed by atoms with Crippen molar-refractivity contribution in [2.45, 2.75) is 57.1 Å². The molecular formula is C28H34O2SSi. The molecule has 0 unspecified atom stereocenters. The van der Waals surface area contributed by atoms with Crippen LogP contribution in [0.15, 0.2) is 100 Å². The largest absolute Gasteiger partial charge is 0.388 e. The molecule has 0 amide bonds. The second-order valence-electron chi connectivity index (χ2n) is 8.57. The second-order valence-corrected chi connectivity index (χ2v) is 13.9. The van der Waals surface area contributed by atoms with Gasteiger partial charge in [-0.15, -0.1) is 0 Å². The molecule has 168 valence electrons. The molecule has 2 atom stereocenters. The number of unbranched alkanes of at least 4 members (excludes halogenated alkanes) is 2. The van der Waals surface area contributed by atoms with Crippen molar-refractivity contribution in [3.05, 3.63) is 101 Å².